The van der Waals surface area contributed by atoms with Crippen molar-refractivity contribution in [2.45, 2.75) is 13.5 Å². The van der Waals surface area contributed by atoms with Crippen LogP contribution >= 0.6 is 11.6 Å². The van der Waals surface area contributed by atoms with Gasteiger partial charge in [-0.15, -0.1) is 10.2 Å². The van der Waals surface area contributed by atoms with Gasteiger partial charge in [-0.2, -0.15) is 4.80 Å². The summed E-state index contributed by atoms with van der Waals surface area (Å²) in [4.78, 5) is 29.4. The molecule has 9 heteroatoms. The Morgan fingerprint density at radius 1 is 0.967 bits per heavy atom. The number of benzene rings is 2. The highest BCUT2D eigenvalue weighted by molar-refractivity contribution is 6.30. The van der Waals surface area contributed by atoms with E-state index >= 15 is 0 Å². The number of aromatic nitrogens is 4. The lowest BCUT2D eigenvalue weighted by atomic mass is 10.1. The number of carbonyl (C=O) groups excluding carboxylic acids is 2. The summed E-state index contributed by atoms with van der Waals surface area (Å²) in [5, 5.41) is 12.9. The molecular formula is C21H21ClN6O2. The molecule has 1 saturated heterocycles. The van der Waals surface area contributed by atoms with Crippen molar-refractivity contribution in [3.8, 4) is 11.4 Å². The van der Waals surface area contributed by atoms with Crippen LogP contribution in [0.5, 0.6) is 0 Å². The van der Waals surface area contributed by atoms with Gasteiger partial charge in [0.2, 0.25) is 11.7 Å². The molecule has 8 nitrogen and oxygen atoms in total. The number of nitrogens with zero attached hydrogens (tertiary/aromatic N) is 6. The number of rotatable bonds is 5. The van der Waals surface area contributed by atoms with Crippen LogP contribution in [0.1, 0.15) is 17.3 Å². The number of halogens is 1. The number of amides is 1. The molecule has 30 heavy (non-hydrogen) atoms. The number of piperazine rings is 1. The Balaban J connectivity index is 1.32. The summed E-state index contributed by atoms with van der Waals surface area (Å²) < 4.78 is 0. The molecule has 0 aliphatic carbocycles. The molecule has 3 aromatic rings. The van der Waals surface area contributed by atoms with Crippen LogP contribution in [-0.4, -0.2) is 63.0 Å². The zero-order valence-electron chi connectivity index (χ0n) is 16.5. The van der Waals surface area contributed by atoms with Crippen LogP contribution in [0.2, 0.25) is 5.02 Å². The monoisotopic (exact) mass is 424 g/mol. The molecule has 1 aromatic heterocycles. The lowest BCUT2D eigenvalue weighted by molar-refractivity contribution is -0.132. The highest BCUT2D eigenvalue weighted by Gasteiger charge is 2.22. The second-order valence-electron chi connectivity index (χ2n) is 7.12. The van der Waals surface area contributed by atoms with Crippen LogP contribution < -0.4 is 4.90 Å². The van der Waals surface area contributed by atoms with Crippen LogP contribution in [0.15, 0.2) is 48.5 Å². The summed E-state index contributed by atoms with van der Waals surface area (Å²) in [6.45, 7) is 4.30. The SMILES string of the molecule is CC(=O)c1ccc(N2CCN(C(=O)Cn3nnc(-c4ccc(Cl)cc4)n3)CC2)cc1. The van der Waals surface area contributed by atoms with E-state index in [1.165, 1.54) is 4.80 Å². The van der Waals surface area contributed by atoms with Crippen molar-refractivity contribution < 1.29 is 9.59 Å². The largest absolute Gasteiger partial charge is 0.368 e. The molecule has 1 amide bonds. The zero-order chi connectivity index (χ0) is 21.1. The molecule has 1 aliphatic heterocycles. The fraction of sp³-hybridized carbons (Fsp3) is 0.286. The van der Waals surface area contributed by atoms with Gasteiger partial charge < -0.3 is 9.80 Å². The van der Waals surface area contributed by atoms with Crippen molar-refractivity contribution >= 4 is 29.0 Å². The van der Waals surface area contributed by atoms with Gasteiger partial charge in [-0.05, 0) is 60.7 Å². The summed E-state index contributed by atoms with van der Waals surface area (Å²) in [6.07, 6.45) is 0. The third-order valence-corrected chi connectivity index (χ3v) is 5.36. The minimum absolute atomic E-state index is 0.0402. The van der Waals surface area contributed by atoms with Gasteiger partial charge >= 0.3 is 0 Å². The first kappa shape index (κ1) is 20.0. The molecule has 2 aromatic carbocycles. The van der Waals surface area contributed by atoms with Gasteiger partial charge in [0.25, 0.3) is 0 Å². The first-order chi connectivity index (χ1) is 14.5. The van der Waals surface area contributed by atoms with Crippen molar-refractivity contribution in [2.75, 3.05) is 31.1 Å². The number of ketones is 1. The quantitative estimate of drug-likeness (QED) is 0.585. The maximum Gasteiger partial charge on any atom is 0.246 e. The maximum absolute atomic E-state index is 12.6. The van der Waals surface area contributed by atoms with Gasteiger partial charge in [0, 0.05) is 48.0 Å². The molecule has 0 atom stereocenters. The zero-order valence-corrected chi connectivity index (χ0v) is 17.3. The minimum Gasteiger partial charge on any atom is -0.368 e. The number of Topliss-reactive ketones (excluding diaryl/α,β-unsaturated/α-hetero) is 1. The molecule has 1 fully saturated rings. The first-order valence-corrected chi connectivity index (χ1v) is 10.0. The molecule has 0 spiro atoms. The summed E-state index contributed by atoms with van der Waals surface area (Å²) in [7, 11) is 0. The third kappa shape index (κ3) is 4.49. The predicted octanol–water partition coefficient (Wildman–Crippen LogP) is 2.54. The number of anilines is 1. The Labute approximate surface area is 179 Å². The smallest absolute Gasteiger partial charge is 0.246 e. The van der Waals surface area contributed by atoms with Crippen molar-refractivity contribution in [3.63, 3.8) is 0 Å². The molecule has 2 heterocycles. The highest BCUT2D eigenvalue weighted by atomic mass is 35.5. The van der Waals surface area contributed by atoms with Gasteiger partial charge in [0.15, 0.2) is 5.78 Å². The summed E-state index contributed by atoms with van der Waals surface area (Å²) in [5.41, 5.74) is 2.55. The van der Waals surface area contributed by atoms with Gasteiger partial charge in [-0.3, -0.25) is 9.59 Å². The molecule has 0 bridgehead atoms. The van der Waals surface area contributed by atoms with Crippen molar-refractivity contribution in [3.05, 3.63) is 59.1 Å². The Morgan fingerprint density at radius 3 is 2.27 bits per heavy atom. The standard InChI is InChI=1S/C21H21ClN6O2/c1-15(29)16-4-8-19(9-5-16)26-10-12-27(13-11-26)20(30)14-28-24-21(23-25-28)17-2-6-18(22)7-3-17/h2-9H,10-14H2,1H3. The van der Waals surface area contributed by atoms with E-state index in [0.717, 1.165) is 24.3 Å². The first-order valence-electron chi connectivity index (χ1n) is 9.67. The summed E-state index contributed by atoms with van der Waals surface area (Å²) >= 11 is 5.90. The normalized spacial score (nSPS) is 14.1. The highest BCUT2D eigenvalue weighted by Crippen LogP contribution is 2.19. The molecule has 0 unspecified atom stereocenters. The number of hydrogen-bond donors (Lipinski definition) is 0. The third-order valence-electron chi connectivity index (χ3n) is 5.10. The molecule has 1 aliphatic rings. The number of tetrazole rings is 1. The Kier molecular flexibility index (Phi) is 5.76. The molecule has 0 saturated carbocycles. The summed E-state index contributed by atoms with van der Waals surface area (Å²) in [6, 6.07) is 14.7. The summed E-state index contributed by atoms with van der Waals surface area (Å²) in [5.74, 6) is 0.470. The van der Waals surface area contributed by atoms with E-state index in [0.29, 0.717) is 29.5 Å². The Morgan fingerprint density at radius 2 is 1.63 bits per heavy atom. The predicted molar refractivity (Wildman–Crippen MR) is 114 cm³/mol. The lowest BCUT2D eigenvalue weighted by Crippen LogP contribution is -2.49. The van der Waals surface area contributed by atoms with E-state index in [1.807, 2.05) is 41.3 Å². The van der Waals surface area contributed by atoms with Crippen molar-refractivity contribution in [2.24, 2.45) is 0 Å². The molecule has 0 N–H and O–H groups in total. The van der Waals surface area contributed by atoms with Crippen LogP contribution in [0.3, 0.4) is 0 Å². The molecular weight excluding hydrogens is 404 g/mol. The van der Waals surface area contributed by atoms with E-state index in [2.05, 4.69) is 20.3 Å². The average molecular weight is 425 g/mol. The van der Waals surface area contributed by atoms with E-state index in [-0.39, 0.29) is 18.2 Å². The van der Waals surface area contributed by atoms with Crippen LogP contribution in [0.4, 0.5) is 5.69 Å². The van der Waals surface area contributed by atoms with Crippen LogP contribution in [0.25, 0.3) is 11.4 Å². The second-order valence-corrected chi connectivity index (χ2v) is 7.56. The molecule has 4 rings (SSSR count). The maximum atomic E-state index is 12.6. The molecule has 0 radical (unpaired) electrons. The van der Waals surface area contributed by atoms with Gasteiger partial charge in [0.1, 0.15) is 6.54 Å². The van der Waals surface area contributed by atoms with E-state index in [4.69, 9.17) is 11.6 Å². The lowest BCUT2D eigenvalue weighted by Gasteiger charge is -2.36. The fourth-order valence-corrected chi connectivity index (χ4v) is 3.49. The van der Waals surface area contributed by atoms with E-state index in [1.54, 1.807) is 19.1 Å². The fourth-order valence-electron chi connectivity index (χ4n) is 3.37. The van der Waals surface area contributed by atoms with E-state index in [9.17, 15) is 9.59 Å². The topological polar surface area (TPSA) is 84.2 Å². The second kappa shape index (κ2) is 8.62. The van der Waals surface area contributed by atoms with Gasteiger partial charge in [-0.1, -0.05) is 11.6 Å². The minimum atomic E-state index is -0.0402. The number of hydrogen-bond acceptors (Lipinski definition) is 6. The molecule has 154 valence electrons. The van der Waals surface area contributed by atoms with E-state index < -0.39 is 0 Å². The average Bonchev–Trinajstić information content (AvgIpc) is 3.23. The Bertz CT molecular complexity index is 1040. The van der Waals surface area contributed by atoms with Crippen LogP contribution in [0, 0.1) is 0 Å². The number of carbonyl (C=O) groups is 2. The van der Waals surface area contributed by atoms with Crippen molar-refractivity contribution in [1.82, 2.24) is 25.1 Å². The van der Waals surface area contributed by atoms with Gasteiger partial charge in [-0.25, -0.2) is 0 Å². The Hall–Kier alpha value is -3.26. The van der Waals surface area contributed by atoms with Crippen molar-refractivity contribution in [1.29, 1.82) is 0 Å². The van der Waals surface area contributed by atoms with Gasteiger partial charge in [0.05, 0.1) is 0 Å². The van der Waals surface area contributed by atoms with Crippen LogP contribution in [-0.2, 0) is 11.3 Å².